The lowest BCUT2D eigenvalue weighted by Crippen LogP contribution is -2.07. The molecular formula is C17H16N2. The number of hydrogen-bond acceptors (Lipinski definition) is 2. The molecular weight excluding hydrogens is 232 g/mol. The summed E-state index contributed by atoms with van der Waals surface area (Å²) in [7, 11) is 0. The van der Waals surface area contributed by atoms with Gasteiger partial charge in [-0.3, -0.25) is 0 Å². The van der Waals surface area contributed by atoms with Gasteiger partial charge >= 0.3 is 0 Å². The lowest BCUT2D eigenvalue weighted by Gasteiger charge is -2.06. The minimum absolute atomic E-state index is 0.815. The molecule has 0 saturated heterocycles. The summed E-state index contributed by atoms with van der Waals surface area (Å²) in [6.07, 6.45) is 0.815. The van der Waals surface area contributed by atoms with Gasteiger partial charge in [0, 0.05) is 17.5 Å². The molecule has 3 rings (SSSR count). The second-order valence-corrected chi connectivity index (χ2v) is 4.90. The van der Waals surface area contributed by atoms with Gasteiger partial charge in [0.15, 0.2) is 0 Å². The number of nitrogens with zero attached hydrogens (tertiary/aromatic N) is 2. The molecule has 0 N–H and O–H groups in total. The quantitative estimate of drug-likeness (QED) is 0.770. The molecule has 1 heterocycles. The second-order valence-electron chi connectivity index (χ2n) is 4.90. The zero-order valence-corrected chi connectivity index (χ0v) is 11.2. The van der Waals surface area contributed by atoms with Gasteiger partial charge in [-0.25, -0.2) is 0 Å². The van der Waals surface area contributed by atoms with Crippen LogP contribution in [0.4, 0.5) is 0 Å². The van der Waals surface area contributed by atoms with Gasteiger partial charge < -0.3 is 0 Å². The summed E-state index contributed by atoms with van der Waals surface area (Å²) in [5, 5.41) is 8.74. The average molecular weight is 248 g/mol. The predicted octanol–water partition coefficient (Wildman–Crippen LogP) is 3.90. The fourth-order valence-electron chi connectivity index (χ4n) is 2.44. The molecule has 0 fully saturated rings. The maximum atomic E-state index is 4.37. The average Bonchev–Trinajstić information content (AvgIpc) is 2.89. The first kappa shape index (κ1) is 11.8. The summed E-state index contributed by atoms with van der Waals surface area (Å²) in [6.45, 7) is 4.23. The lowest BCUT2D eigenvalue weighted by molar-refractivity contribution is 1.26. The third kappa shape index (κ3) is 2.22. The molecule has 0 bridgehead atoms. The molecule has 94 valence electrons. The molecule has 0 aromatic heterocycles. The molecule has 19 heavy (non-hydrogen) atoms. The Morgan fingerprint density at radius 2 is 1.11 bits per heavy atom. The second kappa shape index (κ2) is 4.81. The highest BCUT2D eigenvalue weighted by Gasteiger charge is 2.18. The molecule has 0 radical (unpaired) electrons. The van der Waals surface area contributed by atoms with E-state index in [4.69, 9.17) is 0 Å². The number of rotatable bonds is 2. The Morgan fingerprint density at radius 1 is 0.684 bits per heavy atom. The standard InChI is InChI=1S/C17H16N2/c1-12-7-3-5-9-14(12)16-11-17(19-18-16)15-10-6-4-8-13(15)2/h3-10H,11H2,1-2H3. The fraction of sp³-hybridized carbons (Fsp3) is 0.176. The molecule has 0 aliphatic carbocycles. The maximum Gasteiger partial charge on any atom is 0.0765 e. The molecule has 2 aromatic rings. The van der Waals surface area contributed by atoms with Crippen molar-refractivity contribution >= 4 is 11.4 Å². The van der Waals surface area contributed by atoms with Gasteiger partial charge in [-0.1, -0.05) is 48.5 Å². The van der Waals surface area contributed by atoms with E-state index in [9.17, 15) is 0 Å². The topological polar surface area (TPSA) is 24.7 Å². The van der Waals surface area contributed by atoms with Crippen LogP contribution in [-0.4, -0.2) is 11.4 Å². The van der Waals surface area contributed by atoms with E-state index in [1.54, 1.807) is 0 Å². The Labute approximate surface area is 113 Å². The summed E-state index contributed by atoms with van der Waals surface area (Å²) >= 11 is 0. The zero-order chi connectivity index (χ0) is 13.2. The van der Waals surface area contributed by atoms with Gasteiger partial charge in [-0.2, -0.15) is 10.2 Å². The highest BCUT2D eigenvalue weighted by Crippen LogP contribution is 2.20. The number of aryl methyl sites for hydroxylation is 2. The first-order valence-electron chi connectivity index (χ1n) is 6.51. The van der Waals surface area contributed by atoms with Gasteiger partial charge in [0.2, 0.25) is 0 Å². The van der Waals surface area contributed by atoms with Crippen molar-refractivity contribution in [3.05, 3.63) is 70.8 Å². The largest absolute Gasteiger partial charge is 0.154 e. The maximum absolute atomic E-state index is 4.37. The van der Waals surface area contributed by atoms with E-state index in [-0.39, 0.29) is 0 Å². The predicted molar refractivity (Wildman–Crippen MR) is 80.0 cm³/mol. The summed E-state index contributed by atoms with van der Waals surface area (Å²) in [4.78, 5) is 0. The molecule has 0 amide bonds. The Morgan fingerprint density at radius 3 is 1.53 bits per heavy atom. The molecule has 0 unspecified atom stereocenters. The van der Waals surface area contributed by atoms with Crippen molar-refractivity contribution in [1.82, 2.24) is 0 Å². The van der Waals surface area contributed by atoms with E-state index in [2.05, 4.69) is 72.6 Å². The molecule has 1 aliphatic rings. The van der Waals surface area contributed by atoms with Gasteiger partial charge in [-0.05, 0) is 25.0 Å². The lowest BCUT2D eigenvalue weighted by atomic mass is 9.96. The molecule has 0 atom stereocenters. The molecule has 2 aromatic carbocycles. The number of benzene rings is 2. The van der Waals surface area contributed by atoms with E-state index in [0.717, 1.165) is 17.8 Å². The van der Waals surface area contributed by atoms with Crippen molar-refractivity contribution in [3.63, 3.8) is 0 Å². The van der Waals surface area contributed by atoms with Crippen LogP contribution in [0.25, 0.3) is 0 Å². The molecule has 2 nitrogen and oxygen atoms in total. The normalized spacial score (nSPS) is 14.2. The van der Waals surface area contributed by atoms with Crippen molar-refractivity contribution in [1.29, 1.82) is 0 Å². The Kier molecular flexibility index (Phi) is 3.00. The van der Waals surface area contributed by atoms with E-state index in [0.29, 0.717) is 0 Å². The third-order valence-electron chi connectivity index (χ3n) is 3.54. The van der Waals surface area contributed by atoms with Crippen LogP contribution in [0.15, 0.2) is 58.7 Å². The van der Waals surface area contributed by atoms with Crippen molar-refractivity contribution in [3.8, 4) is 0 Å². The van der Waals surface area contributed by atoms with Gasteiger partial charge in [0.1, 0.15) is 0 Å². The van der Waals surface area contributed by atoms with Crippen LogP contribution in [0, 0.1) is 13.8 Å². The van der Waals surface area contributed by atoms with E-state index in [1.165, 1.54) is 22.3 Å². The van der Waals surface area contributed by atoms with Crippen LogP contribution in [0.3, 0.4) is 0 Å². The SMILES string of the molecule is Cc1ccccc1C1=NN=C(c2ccccc2C)C1. The van der Waals surface area contributed by atoms with Crippen LogP contribution >= 0.6 is 0 Å². The Bertz CT molecular complexity index is 622. The minimum atomic E-state index is 0.815. The first-order valence-corrected chi connectivity index (χ1v) is 6.51. The smallest absolute Gasteiger partial charge is 0.0765 e. The summed E-state index contributed by atoms with van der Waals surface area (Å²) in [6, 6.07) is 16.7. The van der Waals surface area contributed by atoms with Crippen molar-refractivity contribution in [2.75, 3.05) is 0 Å². The van der Waals surface area contributed by atoms with E-state index in [1.807, 2.05) is 0 Å². The zero-order valence-electron chi connectivity index (χ0n) is 11.2. The van der Waals surface area contributed by atoms with Crippen molar-refractivity contribution < 1.29 is 0 Å². The Balaban J connectivity index is 1.88. The van der Waals surface area contributed by atoms with Gasteiger partial charge in [0.25, 0.3) is 0 Å². The van der Waals surface area contributed by atoms with Gasteiger partial charge in [-0.15, -0.1) is 0 Å². The summed E-state index contributed by atoms with van der Waals surface area (Å²) in [5.41, 5.74) is 7.04. The summed E-state index contributed by atoms with van der Waals surface area (Å²) < 4.78 is 0. The fourth-order valence-corrected chi connectivity index (χ4v) is 2.44. The highest BCUT2D eigenvalue weighted by atomic mass is 15.2. The van der Waals surface area contributed by atoms with Gasteiger partial charge in [0.05, 0.1) is 11.4 Å². The molecule has 2 heteroatoms. The van der Waals surface area contributed by atoms with Crippen LogP contribution in [0.2, 0.25) is 0 Å². The van der Waals surface area contributed by atoms with Crippen LogP contribution < -0.4 is 0 Å². The van der Waals surface area contributed by atoms with Crippen LogP contribution in [-0.2, 0) is 0 Å². The molecule has 0 spiro atoms. The monoisotopic (exact) mass is 248 g/mol. The molecule has 1 aliphatic heterocycles. The summed E-state index contributed by atoms with van der Waals surface area (Å²) in [5.74, 6) is 0. The van der Waals surface area contributed by atoms with Crippen molar-refractivity contribution in [2.45, 2.75) is 20.3 Å². The highest BCUT2D eigenvalue weighted by molar-refractivity contribution is 6.21. The first-order chi connectivity index (χ1) is 9.25. The Hall–Kier alpha value is -2.22. The molecule has 0 saturated carbocycles. The third-order valence-corrected chi connectivity index (χ3v) is 3.54. The minimum Gasteiger partial charge on any atom is -0.154 e. The van der Waals surface area contributed by atoms with Crippen LogP contribution in [0.5, 0.6) is 0 Å². The number of hydrogen-bond donors (Lipinski definition) is 0. The van der Waals surface area contributed by atoms with Crippen molar-refractivity contribution in [2.24, 2.45) is 10.2 Å². The van der Waals surface area contributed by atoms with E-state index < -0.39 is 0 Å². The van der Waals surface area contributed by atoms with E-state index >= 15 is 0 Å². The van der Waals surface area contributed by atoms with Crippen LogP contribution in [0.1, 0.15) is 28.7 Å².